The van der Waals surface area contributed by atoms with Crippen LogP contribution in [0.2, 0.25) is 0 Å². The standard InChI is InChI=1S/C21H25FN4O/c22-19-5-3-16(4-6-19)17-7-11-25(12-8-17)21(27)15-26-13-9-20(24-26)18-2-1-10-23-14-18/h3-7,9,13,18,23H,1-2,8,10-12,14-15H2/t18-/m0/s1. The van der Waals surface area contributed by atoms with Crippen LogP contribution >= 0.6 is 0 Å². The number of aromatic nitrogens is 2. The van der Waals surface area contributed by atoms with Crippen molar-refractivity contribution in [3.05, 3.63) is 59.7 Å². The molecule has 1 fully saturated rings. The molecule has 1 atom stereocenters. The highest BCUT2D eigenvalue weighted by molar-refractivity contribution is 5.78. The molecule has 1 N–H and O–H groups in total. The summed E-state index contributed by atoms with van der Waals surface area (Å²) in [4.78, 5) is 14.5. The molecule has 0 bridgehead atoms. The first kappa shape index (κ1) is 17.9. The van der Waals surface area contributed by atoms with Gasteiger partial charge in [-0.1, -0.05) is 18.2 Å². The summed E-state index contributed by atoms with van der Waals surface area (Å²) in [5.74, 6) is 0.307. The van der Waals surface area contributed by atoms with Crippen LogP contribution in [0.1, 0.15) is 36.4 Å². The first-order chi connectivity index (χ1) is 13.2. The lowest BCUT2D eigenvalue weighted by atomic mass is 9.97. The summed E-state index contributed by atoms with van der Waals surface area (Å²) >= 11 is 0. The van der Waals surface area contributed by atoms with Crippen molar-refractivity contribution in [3.63, 3.8) is 0 Å². The summed E-state index contributed by atoms with van der Waals surface area (Å²) in [6, 6.07) is 8.58. The lowest BCUT2D eigenvalue weighted by Gasteiger charge is -2.26. The number of amides is 1. The highest BCUT2D eigenvalue weighted by atomic mass is 19.1. The second kappa shape index (κ2) is 8.05. The van der Waals surface area contributed by atoms with E-state index >= 15 is 0 Å². The number of benzene rings is 1. The van der Waals surface area contributed by atoms with E-state index in [0.717, 1.165) is 37.2 Å². The average Bonchev–Trinajstić information content (AvgIpc) is 3.18. The van der Waals surface area contributed by atoms with Crippen molar-refractivity contribution in [1.29, 1.82) is 0 Å². The predicted octanol–water partition coefficient (Wildman–Crippen LogP) is 2.81. The van der Waals surface area contributed by atoms with Crippen molar-refractivity contribution < 1.29 is 9.18 Å². The highest BCUT2D eigenvalue weighted by Crippen LogP contribution is 2.23. The van der Waals surface area contributed by atoms with Crippen LogP contribution in [0, 0.1) is 5.82 Å². The van der Waals surface area contributed by atoms with Crippen molar-refractivity contribution in [2.24, 2.45) is 0 Å². The van der Waals surface area contributed by atoms with Crippen LogP contribution in [0.4, 0.5) is 4.39 Å². The molecule has 6 heteroatoms. The van der Waals surface area contributed by atoms with Gasteiger partial charge in [0.1, 0.15) is 12.4 Å². The fraction of sp³-hybridized carbons (Fsp3) is 0.429. The Labute approximate surface area is 158 Å². The fourth-order valence-corrected chi connectivity index (χ4v) is 3.85. The van der Waals surface area contributed by atoms with Crippen molar-refractivity contribution in [2.45, 2.75) is 31.7 Å². The monoisotopic (exact) mass is 368 g/mol. The summed E-state index contributed by atoms with van der Waals surface area (Å²) in [6.07, 6.45) is 7.09. The first-order valence-electron chi connectivity index (χ1n) is 9.66. The van der Waals surface area contributed by atoms with E-state index in [9.17, 15) is 9.18 Å². The molecule has 1 saturated heterocycles. The summed E-state index contributed by atoms with van der Waals surface area (Å²) in [7, 11) is 0. The quantitative estimate of drug-likeness (QED) is 0.903. The van der Waals surface area contributed by atoms with E-state index in [2.05, 4.69) is 16.5 Å². The zero-order valence-corrected chi connectivity index (χ0v) is 15.4. The Morgan fingerprint density at radius 2 is 2.11 bits per heavy atom. The Bertz CT molecular complexity index is 821. The Balaban J connectivity index is 1.34. The molecule has 1 aromatic carbocycles. The molecule has 142 valence electrons. The Morgan fingerprint density at radius 1 is 1.26 bits per heavy atom. The summed E-state index contributed by atoms with van der Waals surface area (Å²) in [5, 5.41) is 8.02. The third kappa shape index (κ3) is 4.27. The Kier molecular flexibility index (Phi) is 5.34. The van der Waals surface area contributed by atoms with Gasteiger partial charge in [-0.15, -0.1) is 0 Å². The molecule has 2 aliphatic heterocycles. The minimum absolute atomic E-state index is 0.0841. The molecule has 0 aliphatic carbocycles. The van der Waals surface area contributed by atoms with Crippen molar-refractivity contribution in [1.82, 2.24) is 20.0 Å². The van der Waals surface area contributed by atoms with Crippen LogP contribution < -0.4 is 5.32 Å². The number of carbonyl (C=O) groups is 1. The molecule has 4 rings (SSSR count). The van der Waals surface area contributed by atoms with Crippen LogP contribution in [0.15, 0.2) is 42.6 Å². The number of piperidine rings is 1. The van der Waals surface area contributed by atoms with Gasteiger partial charge in [-0.3, -0.25) is 9.48 Å². The number of carbonyl (C=O) groups excluding carboxylic acids is 1. The molecule has 0 radical (unpaired) electrons. The average molecular weight is 368 g/mol. The van der Waals surface area contributed by atoms with Crippen LogP contribution in [0.25, 0.3) is 5.57 Å². The van der Waals surface area contributed by atoms with Crippen molar-refractivity contribution in [2.75, 3.05) is 26.2 Å². The zero-order chi connectivity index (χ0) is 18.6. The molecule has 0 saturated carbocycles. The van der Waals surface area contributed by atoms with Gasteiger partial charge in [0.15, 0.2) is 0 Å². The van der Waals surface area contributed by atoms with Gasteiger partial charge in [-0.05, 0) is 55.1 Å². The largest absolute Gasteiger partial charge is 0.337 e. The predicted molar refractivity (Wildman–Crippen MR) is 103 cm³/mol. The molecular weight excluding hydrogens is 343 g/mol. The van der Waals surface area contributed by atoms with Gasteiger partial charge in [-0.2, -0.15) is 5.10 Å². The van der Waals surface area contributed by atoms with E-state index in [0.29, 0.717) is 19.0 Å². The van der Waals surface area contributed by atoms with Crippen molar-refractivity contribution >= 4 is 11.5 Å². The third-order valence-electron chi connectivity index (χ3n) is 5.45. The molecule has 0 unspecified atom stereocenters. The van der Waals surface area contributed by atoms with Gasteiger partial charge in [0, 0.05) is 31.7 Å². The molecule has 1 amide bonds. The minimum atomic E-state index is -0.227. The Morgan fingerprint density at radius 3 is 2.81 bits per heavy atom. The minimum Gasteiger partial charge on any atom is -0.337 e. The topological polar surface area (TPSA) is 50.2 Å². The van der Waals surface area contributed by atoms with E-state index in [-0.39, 0.29) is 18.3 Å². The van der Waals surface area contributed by atoms with E-state index in [1.165, 1.54) is 24.1 Å². The lowest BCUT2D eigenvalue weighted by Crippen LogP contribution is -2.37. The Hall–Kier alpha value is -2.47. The number of halogens is 1. The van der Waals surface area contributed by atoms with Gasteiger partial charge in [0.25, 0.3) is 0 Å². The first-order valence-corrected chi connectivity index (χ1v) is 9.66. The summed E-state index contributed by atoms with van der Waals surface area (Å²) in [5.41, 5.74) is 3.28. The van der Waals surface area contributed by atoms with Gasteiger partial charge in [0.2, 0.25) is 5.91 Å². The van der Waals surface area contributed by atoms with Gasteiger partial charge >= 0.3 is 0 Å². The van der Waals surface area contributed by atoms with Crippen LogP contribution in [0.5, 0.6) is 0 Å². The number of hydrogen-bond acceptors (Lipinski definition) is 3. The lowest BCUT2D eigenvalue weighted by molar-refractivity contribution is -0.131. The van der Waals surface area contributed by atoms with E-state index in [1.807, 2.05) is 17.2 Å². The maximum atomic E-state index is 13.1. The third-order valence-corrected chi connectivity index (χ3v) is 5.45. The molecule has 27 heavy (non-hydrogen) atoms. The fourth-order valence-electron chi connectivity index (χ4n) is 3.85. The van der Waals surface area contributed by atoms with E-state index in [4.69, 9.17) is 0 Å². The van der Waals surface area contributed by atoms with Gasteiger partial charge in [-0.25, -0.2) is 4.39 Å². The number of hydrogen-bond donors (Lipinski definition) is 1. The van der Waals surface area contributed by atoms with E-state index in [1.54, 1.807) is 16.8 Å². The second-order valence-electron chi connectivity index (χ2n) is 7.31. The SMILES string of the molecule is O=C(Cn1ccc([C@H]2CCCNC2)n1)N1CC=C(c2ccc(F)cc2)CC1. The number of nitrogens with zero attached hydrogens (tertiary/aromatic N) is 3. The summed E-state index contributed by atoms with van der Waals surface area (Å²) in [6.45, 7) is 3.60. The number of nitrogens with one attached hydrogen (secondary N) is 1. The van der Waals surface area contributed by atoms with Crippen LogP contribution in [-0.4, -0.2) is 46.8 Å². The number of rotatable bonds is 4. The highest BCUT2D eigenvalue weighted by Gasteiger charge is 2.20. The second-order valence-corrected chi connectivity index (χ2v) is 7.31. The summed E-state index contributed by atoms with van der Waals surface area (Å²) < 4.78 is 14.8. The molecule has 2 aliphatic rings. The zero-order valence-electron chi connectivity index (χ0n) is 15.4. The molecule has 3 heterocycles. The smallest absolute Gasteiger partial charge is 0.244 e. The van der Waals surface area contributed by atoms with Gasteiger partial charge in [0.05, 0.1) is 5.69 Å². The maximum absolute atomic E-state index is 13.1. The molecular formula is C21H25FN4O. The molecule has 1 aromatic heterocycles. The molecule has 5 nitrogen and oxygen atoms in total. The maximum Gasteiger partial charge on any atom is 0.244 e. The normalized spacial score (nSPS) is 20.4. The molecule has 2 aromatic rings. The molecule has 0 spiro atoms. The van der Waals surface area contributed by atoms with E-state index < -0.39 is 0 Å². The van der Waals surface area contributed by atoms with Crippen molar-refractivity contribution in [3.8, 4) is 0 Å². The van der Waals surface area contributed by atoms with Gasteiger partial charge < -0.3 is 10.2 Å². The van der Waals surface area contributed by atoms with Crippen LogP contribution in [0.3, 0.4) is 0 Å². The van der Waals surface area contributed by atoms with Crippen LogP contribution in [-0.2, 0) is 11.3 Å².